The van der Waals surface area contributed by atoms with Gasteiger partial charge in [0.25, 0.3) is 0 Å². The Hall–Kier alpha value is -0.620. The highest BCUT2D eigenvalue weighted by atomic mass is 31.2. The van der Waals surface area contributed by atoms with Gasteiger partial charge in [-0.05, 0) is 0 Å². The van der Waals surface area contributed by atoms with E-state index in [1.807, 2.05) is 0 Å². The van der Waals surface area contributed by atoms with Crippen LogP contribution >= 0.6 is 7.82 Å². The standard InChI is InChI=1S/C3H6N2O.H3O4P/c6-3-4-1-2-5-3;1-5(2,3)4/h1-2H2,(H2,4,5,6);(H3,1,2,3,4). The predicted octanol–water partition coefficient (Wildman–Crippen LogP) is -1.63. The topological polar surface area (TPSA) is 119 Å². The van der Waals surface area contributed by atoms with Gasteiger partial charge in [0, 0.05) is 13.1 Å². The molecule has 0 atom stereocenters. The van der Waals surface area contributed by atoms with E-state index in [1.54, 1.807) is 0 Å². The van der Waals surface area contributed by atoms with Crippen LogP contribution in [0.4, 0.5) is 4.79 Å². The summed E-state index contributed by atoms with van der Waals surface area (Å²) in [5.74, 6) is 0. The molecule has 8 heteroatoms. The zero-order valence-electron chi connectivity index (χ0n) is 5.52. The van der Waals surface area contributed by atoms with Crippen LogP contribution < -0.4 is 10.6 Å². The van der Waals surface area contributed by atoms with Gasteiger partial charge in [-0.25, -0.2) is 9.36 Å². The van der Waals surface area contributed by atoms with E-state index >= 15 is 0 Å². The van der Waals surface area contributed by atoms with Gasteiger partial charge in [0.2, 0.25) is 0 Å². The molecule has 7 nitrogen and oxygen atoms in total. The van der Waals surface area contributed by atoms with E-state index in [0.717, 1.165) is 13.1 Å². The molecule has 0 radical (unpaired) electrons. The molecular formula is C3H9N2O5P. The van der Waals surface area contributed by atoms with Crippen LogP contribution in [0.2, 0.25) is 0 Å². The zero-order valence-corrected chi connectivity index (χ0v) is 6.41. The first-order valence-electron chi connectivity index (χ1n) is 2.69. The molecule has 1 saturated heterocycles. The third kappa shape index (κ3) is 12.6. The second-order valence-corrected chi connectivity index (χ2v) is 2.72. The molecule has 1 aliphatic heterocycles. The monoisotopic (exact) mass is 184 g/mol. The van der Waals surface area contributed by atoms with E-state index in [-0.39, 0.29) is 6.03 Å². The first-order valence-corrected chi connectivity index (χ1v) is 4.26. The maximum atomic E-state index is 10.0. The lowest BCUT2D eigenvalue weighted by Crippen LogP contribution is -2.20. The average Bonchev–Trinajstić information content (AvgIpc) is 2.12. The molecule has 66 valence electrons. The fourth-order valence-corrected chi connectivity index (χ4v) is 0.415. The van der Waals surface area contributed by atoms with Crippen LogP contribution in [0.5, 0.6) is 0 Å². The van der Waals surface area contributed by atoms with Crippen molar-refractivity contribution < 1.29 is 24.0 Å². The first-order chi connectivity index (χ1) is 4.89. The van der Waals surface area contributed by atoms with Gasteiger partial charge in [0.05, 0.1) is 0 Å². The maximum Gasteiger partial charge on any atom is 0.466 e. The Morgan fingerprint density at radius 2 is 1.45 bits per heavy atom. The summed E-state index contributed by atoms with van der Waals surface area (Å²) in [6, 6.07) is -0.0463. The summed E-state index contributed by atoms with van der Waals surface area (Å²) in [6.07, 6.45) is 0. The van der Waals surface area contributed by atoms with Crippen molar-refractivity contribution in [2.45, 2.75) is 0 Å². The van der Waals surface area contributed by atoms with Crippen LogP contribution in [-0.2, 0) is 4.57 Å². The smallest absolute Gasteiger partial charge is 0.336 e. The summed E-state index contributed by atoms with van der Waals surface area (Å²) < 4.78 is 8.88. The zero-order chi connectivity index (χ0) is 8.91. The van der Waals surface area contributed by atoms with E-state index in [2.05, 4.69) is 10.6 Å². The van der Waals surface area contributed by atoms with Gasteiger partial charge in [-0.2, -0.15) is 0 Å². The molecule has 2 amide bonds. The molecule has 11 heavy (non-hydrogen) atoms. The van der Waals surface area contributed by atoms with Crippen molar-refractivity contribution >= 4 is 13.9 Å². The Morgan fingerprint density at radius 1 is 1.18 bits per heavy atom. The van der Waals surface area contributed by atoms with Crippen molar-refractivity contribution in [1.82, 2.24) is 10.6 Å². The van der Waals surface area contributed by atoms with E-state index in [4.69, 9.17) is 19.2 Å². The summed E-state index contributed by atoms with van der Waals surface area (Å²) >= 11 is 0. The molecule has 0 aromatic heterocycles. The van der Waals surface area contributed by atoms with Gasteiger partial charge in [-0.1, -0.05) is 0 Å². The number of hydrogen-bond donors (Lipinski definition) is 5. The molecule has 0 aliphatic carbocycles. The maximum absolute atomic E-state index is 10.0. The van der Waals surface area contributed by atoms with Crippen molar-refractivity contribution in [1.29, 1.82) is 0 Å². The highest BCUT2D eigenvalue weighted by Gasteiger charge is 2.03. The molecule has 0 saturated carbocycles. The van der Waals surface area contributed by atoms with Gasteiger partial charge < -0.3 is 25.3 Å². The molecule has 0 spiro atoms. The predicted molar refractivity (Wildman–Crippen MR) is 35.7 cm³/mol. The molecule has 0 aromatic rings. The van der Waals surface area contributed by atoms with Crippen molar-refractivity contribution in [3.63, 3.8) is 0 Å². The number of hydrogen-bond acceptors (Lipinski definition) is 2. The lowest BCUT2D eigenvalue weighted by molar-refractivity contribution is 0.248. The highest BCUT2D eigenvalue weighted by molar-refractivity contribution is 7.45. The third-order valence-electron chi connectivity index (χ3n) is 0.696. The first kappa shape index (κ1) is 10.4. The molecule has 1 rings (SSSR count). The number of carbonyl (C=O) groups is 1. The normalized spacial score (nSPS) is 16.1. The van der Waals surface area contributed by atoms with Crippen molar-refractivity contribution in [3.05, 3.63) is 0 Å². The van der Waals surface area contributed by atoms with Crippen LogP contribution in [0.15, 0.2) is 0 Å². The van der Waals surface area contributed by atoms with Gasteiger partial charge in [0.15, 0.2) is 0 Å². The Balaban J connectivity index is 0.000000187. The lowest BCUT2D eigenvalue weighted by atomic mass is 10.7. The minimum atomic E-state index is -4.64. The SMILES string of the molecule is O=C1NCCN1.O=P(O)(O)O. The van der Waals surface area contributed by atoms with Gasteiger partial charge in [0.1, 0.15) is 0 Å². The van der Waals surface area contributed by atoms with Crippen molar-refractivity contribution in [2.75, 3.05) is 13.1 Å². The number of urea groups is 1. The Bertz CT molecular complexity index is 160. The average molecular weight is 184 g/mol. The number of rotatable bonds is 0. The Morgan fingerprint density at radius 3 is 1.55 bits per heavy atom. The second kappa shape index (κ2) is 4.30. The Labute approximate surface area is 62.7 Å². The number of carbonyl (C=O) groups excluding carboxylic acids is 1. The summed E-state index contributed by atoms with van der Waals surface area (Å²) in [7, 11) is -4.64. The largest absolute Gasteiger partial charge is 0.466 e. The van der Waals surface area contributed by atoms with Crippen molar-refractivity contribution in [3.8, 4) is 0 Å². The van der Waals surface area contributed by atoms with Crippen LogP contribution in [-0.4, -0.2) is 33.8 Å². The molecular weight excluding hydrogens is 175 g/mol. The van der Waals surface area contributed by atoms with Crippen molar-refractivity contribution in [2.24, 2.45) is 0 Å². The van der Waals surface area contributed by atoms with Crippen LogP contribution in [0, 0.1) is 0 Å². The lowest BCUT2D eigenvalue weighted by Gasteiger charge is -1.82. The third-order valence-corrected chi connectivity index (χ3v) is 0.696. The molecule has 0 aromatic carbocycles. The molecule has 1 aliphatic rings. The van der Waals surface area contributed by atoms with Crippen LogP contribution in [0.1, 0.15) is 0 Å². The van der Waals surface area contributed by atoms with Gasteiger partial charge in [-0.3, -0.25) is 0 Å². The van der Waals surface area contributed by atoms with E-state index in [0.29, 0.717) is 0 Å². The summed E-state index contributed by atoms with van der Waals surface area (Å²) in [5, 5.41) is 5.14. The second-order valence-electron chi connectivity index (χ2n) is 1.70. The Kier molecular flexibility index (Phi) is 4.06. The number of nitrogens with one attached hydrogen (secondary N) is 2. The van der Waals surface area contributed by atoms with E-state index in [9.17, 15) is 4.79 Å². The molecule has 1 heterocycles. The summed E-state index contributed by atoms with van der Waals surface area (Å²) in [5.41, 5.74) is 0. The quantitative estimate of drug-likeness (QED) is 0.289. The number of phosphoric acid groups is 1. The minimum absolute atomic E-state index is 0.0463. The number of amides is 2. The summed E-state index contributed by atoms with van der Waals surface area (Å²) in [4.78, 5) is 31.6. The minimum Gasteiger partial charge on any atom is -0.336 e. The van der Waals surface area contributed by atoms with Gasteiger partial charge >= 0.3 is 13.9 Å². The van der Waals surface area contributed by atoms with Gasteiger partial charge in [-0.15, -0.1) is 0 Å². The molecule has 5 N–H and O–H groups in total. The van der Waals surface area contributed by atoms with Crippen LogP contribution in [0.25, 0.3) is 0 Å². The fourth-order valence-electron chi connectivity index (χ4n) is 0.415. The van der Waals surface area contributed by atoms with E-state index in [1.165, 1.54) is 0 Å². The molecule has 0 unspecified atom stereocenters. The van der Waals surface area contributed by atoms with E-state index < -0.39 is 7.82 Å². The highest BCUT2D eigenvalue weighted by Crippen LogP contribution is 2.25. The molecule has 0 bridgehead atoms. The summed E-state index contributed by atoms with van der Waals surface area (Å²) in [6.45, 7) is 1.55. The molecule has 1 fully saturated rings. The fraction of sp³-hybridized carbons (Fsp3) is 0.667. The van der Waals surface area contributed by atoms with Crippen LogP contribution in [0.3, 0.4) is 0 Å².